The molecular weight excluding hydrogens is 356 g/mol. The zero-order valence-corrected chi connectivity index (χ0v) is 15.2. The summed E-state index contributed by atoms with van der Waals surface area (Å²) in [7, 11) is 0. The van der Waals surface area contributed by atoms with Gasteiger partial charge in [0.05, 0.1) is 16.4 Å². The minimum atomic E-state index is -1.44. The maximum absolute atomic E-state index is 13.0. The van der Waals surface area contributed by atoms with Gasteiger partial charge in [-0.3, -0.25) is 4.79 Å². The molecule has 134 valence electrons. The van der Waals surface area contributed by atoms with Crippen LogP contribution in [-0.2, 0) is 4.79 Å². The number of ether oxygens (including phenoxy) is 1. The second-order valence-electron chi connectivity index (χ2n) is 6.08. The standard InChI is InChI=1S/C20H17ClO5/c1-10-8-14-16(9-11(10)2)26-18(13-6-4-5-7-15(13)21)19(17(14)22)25-12(3)20(23)24/h4-9,12H,1-3H3,(H,23,24)/p-1/t12-/m1/s1. The number of carboxylic acid groups (broad SMARTS) is 1. The summed E-state index contributed by atoms with van der Waals surface area (Å²) in [4.78, 5) is 24.1. The summed E-state index contributed by atoms with van der Waals surface area (Å²) < 4.78 is 11.3. The van der Waals surface area contributed by atoms with Gasteiger partial charge in [0.1, 0.15) is 11.7 Å². The third-order valence-electron chi connectivity index (χ3n) is 4.21. The Morgan fingerprint density at radius 2 is 1.85 bits per heavy atom. The summed E-state index contributed by atoms with van der Waals surface area (Å²) in [6.45, 7) is 5.07. The van der Waals surface area contributed by atoms with Gasteiger partial charge in [-0.1, -0.05) is 23.7 Å². The minimum Gasteiger partial charge on any atom is -0.546 e. The molecule has 6 heteroatoms. The number of benzene rings is 2. The third-order valence-corrected chi connectivity index (χ3v) is 4.54. The Morgan fingerprint density at radius 3 is 2.50 bits per heavy atom. The van der Waals surface area contributed by atoms with Crippen molar-refractivity contribution in [3.63, 3.8) is 0 Å². The third kappa shape index (κ3) is 3.18. The van der Waals surface area contributed by atoms with Crippen molar-refractivity contribution in [1.82, 2.24) is 0 Å². The molecule has 1 heterocycles. The fourth-order valence-corrected chi connectivity index (χ4v) is 2.81. The van der Waals surface area contributed by atoms with Crippen molar-refractivity contribution in [3.8, 4) is 17.1 Å². The van der Waals surface area contributed by atoms with E-state index in [-0.39, 0.29) is 11.5 Å². The first-order valence-electron chi connectivity index (χ1n) is 8.00. The molecule has 0 bridgehead atoms. The van der Waals surface area contributed by atoms with Crippen molar-refractivity contribution >= 4 is 28.5 Å². The number of rotatable bonds is 4. The fourth-order valence-electron chi connectivity index (χ4n) is 2.59. The van der Waals surface area contributed by atoms with Gasteiger partial charge in [0.2, 0.25) is 11.2 Å². The minimum absolute atomic E-state index is 0.0875. The van der Waals surface area contributed by atoms with E-state index in [0.29, 0.717) is 21.6 Å². The molecule has 0 spiro atoms. The molecule has 5 nitrogen and oxygen atoms in total. The number of fused-ring (bicyclic) bond motifs is 1. The lowest BCUT2D eigenvalue weighted by molar-refractivity contribution is -0.312. The molecule has 0 saturated carbocycles. The summed E-state index contributed by atoms with van der Waals surface area (Å²) in [5, 5.41) is 11.8. The van der Waals surface area contributed by atoms with E-state index in [2.05, 4.69) is 0 Å². The molecular formula is C20H16ClO5-. The van der Waals surface area contributed by atoms with Crippen LogP contribution in [0.25, 0.3) is 22.3 Å². The summed E-state index contributed by atoms with van der Waals surface area (Å²) in [6, 6.07) is 10.2. The number of carbonyl (C=O) groups excluding carboxylic acids is 1. The molecule has 0 aliphatic rings. The molecule has 0 amide bonds. The Kier molecular flexibility index (Phi) is 4.74. The second-order valence-corrected chi connectivity index (χ2v) is 6.49. The van der Waals surface area contributed by atoms with E-state index in [4.69, 9.17) is 20.8 Å². The summed E-state index contributed by atoms with van der Waals surface area (Å²) in [5.74, 6) is -1.55. The number of carbonyl (C=O) groups is 1. The number of aryl methyl sites for hydroxylation is 2. The molecule has 1 aromatic heterocycles. The first-order chi connectivity index (χ1) is 12.3. The molecule has 0 fully saturated rings. The molecule has 0 unspecified atom stereocenters. The lowest BCUT2D eigenvalue weighted by atomic mass is 10.0. The van der Waals surface area contributed by atoms with Crippen LogP contribution in [0, 0.1) is 13.8 Å². The van der Waals surface area contributed by atoms with Gasteiger partial charge in [0.15, 0.2) is 5.76 Å². The second kappa shape index (κ2) is 6.84. The molecule has 0 aliphatic carbocycles. The Balaban J connectivity index is 2.36. The molecule has 0 N–H and O–H groups in total. The van der Waals surface area contributed by atoms with Gasteiger partial charge < -0.3 is 19.1 Å². The van der Waals surface area contributed by atoms with Gasteiger partial charge >= 0.3 is 0 Å². The van der Waals surface area contributed by atoms with Crippen LogP contribution in [0.2, 0.25) is 5.02 Å². The maximum atomic E-state index is 13.0. The van der Waals surface area contributed by atoms with Crippen molar-refractivity contribution in [2.24, 2.45) is 0 Å². The topological polar surface area (TPSA) is 79.6 Å². The number of hydrogen-bond acceptors (Lipinski definition) is 5. The highest BCUT2D eigenvalue weighted by molar-refractivity contribution is 6.33. The van der Waals surface area contributed by atoms with Crippen molar-refractivity contribution < 1.29 is 19.1 Å². The fraction of sp³-hybridized carbons (Fsp3) is 0.200. The van der Waals surface area contributed by atoms with Crippen LogP contribution >= 0.6 is 11.6 Å². The SMILES string of the molecule is Cc1cc2oc(-c3ccccc3Cl)c(O[C@H](C)C(=O)[O-])c(=O)c2cc1C. The van der Waals surface area contributed by atoms with E-state index >= 15 is 0 Å². The van der Waals surface area contributed by atoms with E-state index < -0.39 is 17.5 Å². The van der Waals surface area contributed by atoms with Crippen molar-refractivity contribution in [2.75, 3.05) is 0 Å². The summed E-state index contributed by atoms with van der Waals surface area (Å²) >= 11 is 6.24. The Bertz CT molecular complexity index is 1070. The Labute approximate surface area is 154 Å². The van der Waals surface area contributed by atoms with Crippen LogP contribution in [0.4, 0.5) is 0 Å². The average Bonchev–Trinajstić information content (AvgIpc) is 2.59. The van der Waals surface area contributed by atoms with E-state index in [1.807, 2.05) is 13.8 Å². The maximum Gasteiger partial charge on any atom is 0.235 e. The first kappa shape index (κ1) is 18.0. The largest absolute Gasteiger partial charge is 0.546 e. The predicted molar refractivity (Wildman–Crippen MR) is 97.5 cm³/mol. The lowest BCUT2D eigenvalue weighted by Crippen LogP contribution is -2.38. The zero-order chi connectivity index (χ0) is 19.0. The molecule has 2 aromatic carbocycles. The molecule has 3 rings (SSSR count). The van der Waals surface area contributed by atoms with Gasteiger partial charge in [-0.05, 0) is 56.2 Å². The van der Waals surface area contributed by atoms with Gasteiger partial charge in [-0.25, -0.2) is 0 Å². The van der Waals surface area contributed by atoms with Gasteiger partial charge in [-0.15, -0.1) is 0 Å². The number of aliphatic carboxylic acids is 1. The monoisotopic (exact) mass is 371 g/mol. The molecule has 0 aliphatic heterocycles. The van der Waals surface area contributed by atoms with Gasteiger partial charge in [0, 0.05) is 5.56 Å². The zero-order valence-electron chi connectivity index (χ0n) is 14.5. The van der Waals surface area contributed by atoms with E-state index in [1.54, 1.807) is 36.4 Å². The number of hydrogen-bond donors (Lipinski definition) is 0. The van der Waals surface area contributed by atoms with Crippen LogP contribution in [0.15, 0.2) is 45.6 Å². The highest BCUT2D eigenvalue weighted by atomic mass is 35.5. The molecule has 3 aromatic rings. The Hall–Kier alpha value is -2.79. The lowest BCUT2D eigenvalue weighted by Gasteiger charge is -2.18. The van der Waals surface area contributed by atoms with E-state index in [9.17, 15) is 14.7 Å². The molecule has 0 saturated heterocycles. The van der Waals surface area contributed by atoms with Crippen LogP contribution in [0.1, 0.15) is 18.1 Å². The molecule has 26 heavy (non-hydrogen) atoms. The normalized spacial score (nSPS) is 12.2. The summed E-state index contributed by atoms with van der Waals surface area (Å²) in [6.07, 6.45) is -1.33. The average molecular weight is 372 g/mol. The van der Waals surface area contributed by atoms with Crippen LogP contribution < -0.4 is 15.3 Å². The van der Waals surface area contributed by atoms with Crippen molar-refractivity contribution in [3.05, 3.63) is 62.8 Å². The van der Waals surface area contributed by atoms with Crippen molar-refractivity contribution in [2.45, 2.75) is 26.9 Å². The molecule has 0 radical (unpaired) electrons. The molecule has 1 atom stereocenters. The van der Waals surface area contributed by atoms with Crippen LogP contribution in [0.3, 0.4) is 0 Å². The number of carboxylic acids is 1. The smallest absolute Gasteiger partial charge is 0.235 e. The highest BCUT2D eigenvalue weighted by Gasteiger charge is 2.22. The number of halogens is 1. The van der Waals surface area contributed by atoms with Gasteiger partial charge in [-0.2, -0.15) is 0 Å². The van der Waals surface area contributed by atoms with Crippen LogP contribution in [-0.4, -0.2) is 12.1 Å². The summed E-state index contributed by atoms with van der Waals surface area (Å²) in [5.41, 5.74) is 2.22. The van der Waals surface area contributed by atoms with E-state index in [1.165, 1.54) is 6.92 Å². The predicted octanol–water partition coefficient (Wildman–Crippen LogP) is 3.25. The Morgan fingerprint density at radius 1 is 1.19 bits per heavy atom. The van der Waals surface area contributed by atoms with Gasteiger partial charge in [0.25, 0.3) is 0 Å². The van der Waals surface area contributed by atoms with Crippen molar-refractivity contribution in [1.29, 1.82) is 0 Å². The highest BCUT2D eigenvalue weighted by Crippen LogP contribution is 2.36. The first-order valence-corrected chi connectivity index (χ1v) is 8.38. The van der Waals surface area contributed by atoms with Crippen LogP contribution in [0.5, 0.6) is 5.75 Å². The quantitative estimate of drug-likeness (QED) is 0.703. The van der Waals surface area contributed by atoms with E-state index in [0.717, 1.165) is 11.1 Å².